The smallest absolute Gasteiger partial charge is 0.188 e. The predicted molar refractivity (Wildman–Crippen MR) is 77.4 cm³/mol. The monoisotopic (exact) mass is 288 g/mol. The van der Waals surface area contributed by atoms with Crippen LogP contribution in [0.5, 0.6) is 5.75 Å². The molecule has 3 rings (SSSR count). The second kappa shape index (κ2) is 5.07. The fourth-order valence-corrected chi connectivity index (χ4v) is 2.69. The van der Waals surface area contributed by atoms with Gasteiger partial charge in [-0.2, -0.15) is 0 Å². The highest BCUT2D eigenvalue weighted by molar-refractivity contribution is 7.13. The molecule has 1 aromatic carbocycles. The van der Waals surface area contributed by atoms with E-state index in [1.165, 1.54) is 7.11 Å². The molecule has 2 N–H and O–H groups in total. The highest BCUT2D eigenvalue weighted by Crippen LogP contribution is 2.30. The summed E-state index contributed by atoms with van der Waals surface area (Å²) in [7, 11) is 1.54. The second-order valence-corrected chi connectivity index (χ2v) is 5.16. The third-order valence-corrected chi connectivity index (χ3v) is 3.87. The molecule has 20 heavy (non-hydrogen) atoms. The molecule has 0 saturated heterocycles. The maximum absolute atomic E-state index is 11.6. The summed E-state index contributed by atoms with van der Waals surface area (Å²) in [5.74, 6) is 0.919. The molecule has 0 fully saturated rings. The van der Waals surface area contributed by atoms with E-state index in [9.17, 15) is 4.79 Å². The summed E-state index contributed by atoms with van der Waals surface area (Å²) in [6.07, 6.45) is 0. The number of aliphatic hydroxyl groups excluding tert-OH is 1. The Hall–Kier alpha value is -2.18. The fourth-order valence-electron chi connectivity index (χ4n) is 2.02. The fraction of sp³-hybridized carbons (Fsp3) is 0.143. The van der Waals surface area contributed by atoms with Gasteiger partial charge in [-0.25, -0.2) is 4.98 Å². The van der Waals surface area contributed by atoms with E-state index in [0.717, 1.165) is 16.2 Å². The lowest BCUT2D eigenvalue weighted by molar-refractivity contribution is 0.0903. The number of ether oxygens (including phenoxy) is 1. The number of aromatic nitrogens is 2. The third-order valence-electron chi connectivity index (χ3n) is 3.00. The van der Waals surface area contributed by atoms with Gasteiger partial charge in [-0.3, -0.25) is 4.79 Å². The van der Waals surface area contributed by atoms with Gasteiger partial charge in [-0.1, -0.05) is 6.07 Å². The molecule has 102 valence electrons. The predicted octanol–water partition coefficient (Wildman–Crippen LogP) is 2.47. The van der Waals surface area contributed by atoms with Crippen molar-refractivity contribution in [2.45, 2.75) is 0 Å². The minimum absolute atomic E-state index is 0.356. The van der Waals surface area contributed by atoms with Crippen molar-refractivity contribution in [3.63, 3.8) is 0 Å². The maximum atomic E-state index is 11.6. The van der Waals surface area contributed by atoms with Crippen molar-refractivity contribution in [1.29, 1.82) is 0 Å². The van der Waals surface area contributed by atoms with Gasteiger partial charge in [0.15, 0.2) is 5.78 Å². The Morgan fingerprint density at radius 2 is 2.35 bits per heavy atom. The normalized spacial score (nSPS) is 10.9. The van der Waals surface area contributed by atoms with Crippen molar-refractivity contribution in [2.75, 3.05) is 13.7 Å². The van der Waals surface area contributed by atoms with Crippen LogP contribution in [-0.2, 0) is 0 Å². The lowest BCUT2D eigenvalue weighted by Crippen LogP contribution is -2.04. The number of aromatic amines is 1. The minimum atomic E-state index is -0.531. The molecule has 2 heterocycles. The molecule has 5 nitrogen and oxygen atoms in total. The minimum Gasteiger partial charge on any atom is -0.494 e. The number of nitrogens with zero attached hydrogens (tertiary/aromatic N) is 1. The highest BCUT2D eigenvalue weighted by atomic mass is 32.1. The Bertz CT molecular complexity index is 762. The topological polar surface area (TPSA) is 75.2 Å². The molecule has 0 bridgehead atoms. The Morgan fingerprint density at radius 3 is 3.00 bits per heavy atom. The molecule has 0 amide bonds. The quantitative estimate of drug-likeness (QED) is 0.723. The highest BCUT2D eigenvalue weighted by Gasteiger charge is 2.14. The van der Waals surface area contributed by atoms with Crippen molar-refractivity contribution in [3.05, 3.63) is 35.2 Å². The Morgan fingerprint density at radius 1 is 1.50 bits per heavy atom. The lowest BCUT2D eigenvalue weighted by Gasteiger charge is -2.03. The largest absolute Gasteiger partial charge is 0.494 e. The van der Waals surface area contributed by atoms with E-state index in [4.69, 9.17) is 9.84 Å². The molecule has 0 unspecified atom stereocenters. The number of H-pyrrole nitrogens is 1. The number of hydrogen-bond acceptors (Lipinski definition) is 5. The van der Waals surface area contributed by atoms with Crippen LogP contribution in [0.3, 0.4) is 0 Å². The maximum Gasteiger partial charge on any atom is 0.188 e. The first kappa shape index (κ1) is 12.8. The van der Waals surface area contributed by atoms with Crippen LogP contribution < -0.4 is 4.74 Å². The Balaban J connectivity index is 2.19. The number of methoxy groups -OCH3 is 1. The van der Waals surface area contributed by atoms with Crippen LogP contribution >= 0.6 is 11.3 Å². The number of Topliss-reactive ketones (excluding diaryl/α,β-unsaturated/α-hetero) is 1. The molecule has 0 aliphatic heterocycles. The summed E-state index contributed by atoms with van der Waals surface area (Å²) in [4.78, 5) is 20.3. The molecule has 0 radical (unpaired) electrons. The number of carbonyl (C=O) groups excluding carboxylic acids is 1. The van der Waals surface area contributed by atoms with E-state index in [2.05, 4.69) is 9.97 Å². The number of aliphatic hydroxyl groups is 1. The van der Waals surface area contributed by atoms with Gasteiger partial charge in [0.2, 0.25) is 0 Å². The van der Waals surface area contributed by atoms with Gasteiger partial charge in [0, 0.05) is 5.56 Å². The molecular weight excluding hydrogens is 276 g/mol. The second-order valence-electron chi connectivity index (χ2n) is 4.22. The number of nitrogens with one attached hydrogen (secondary N) is 1. The number of fused-ring (bicyclic) bond motifs is 1. The number of thiophene rings is 1. The SMILES string of the molecule is COc1cc(C(=O)CO)cc2nc(-c3cccs3)[nH]c12. The van der Waals surface area contributed by atoms with Gasteiger partial charge in [0.1, 0.15) is 23.7 Å². The third kappa shape index (κ3) is 2.09. The van der Waals surface area contributed by atoms with Gasteiger partial charge < -0.3 is 14.8 Å². The summed E-state index contributed by atoms with van der Waals surface area (Å²) in [6, 6.07) is 7.18. The van der Waals surface area contributed by atoms with E-state index < -0.39 is 6.61 Å². The standard InChI is InChI=1S/C14H12N2O3S/c1-19-11-6-8(10(18)7-17)5-9-13(11)16-14(15-9)12-3-2-4-20-12/h2-6,17H,7H2,1H3,(H,15,16). The molecule has 0 atom stereocenters. The zero-order valence-electron chi connectivity index (χ0n) is 10.7. The average molecular weight is 288 g/mol. The van der Waals surface area contributed by atoms with Crippen LogP contribution in [0, 0.1) is 0 Å². The van der Waals surface area contributed by atoms with Crippen LogP contribution in [0.4, 0.5) is 0 Å². The van der Waals surface area contributed by atoms with E-state index in [1.54, 1.807) is 23.5 Å². The first-order chi connectivity index (χ1) is 9.72. The van der Waals surface area contributed by atoms with E-state index in [0.29, 0.717) is 16.8 Å². The average Bonchev–Trinajstić information content (AvgIpc) is 3.13. The van der Waals surface area contributed by atoms with E-state index >= 15 is 0 Å². The Kier molecular flexibility index (Phi) is 3.25. The molecule has 2 aromatic heterocycles. The molecule has 0 aliphatic rings. The van der Waals surface area contributed by atoms with Gasteiger partial charge in [-0.05, 0) is 23.6 Å². The lowest BCUT2D eigenvalue weighted by atomic mass is 10.1. The number of imidazole rings is 1. The van der Waals surface area contributed by atoms with Crippen LogP contribution in [0.25, 0.3) is 21.7 Å². The van der Waals surface area contributed by atoms with Crippen molar-refractivity contribution in [3.8, 4) is 16.5 Å². The number of carbonyl (C=O) groups is 1. The van der Waals surface area contributed by atoms with Crippen LogP contribution in [0.2, 0.25) is 0 Å². The zero-order valence-corrected chi connectivity index (χ0v) is 11.5. The van der Waals surface area contributed by atoms with Crippen LogP contribution in [0.15, 0.2) is 29.6 Å². The van der Waals surface area contributed by atoms with Crippen molar-refractivity contribution in [1.82, 2.24) is 9.97 Å². The molecule has 0 aliphatic carbocycles. The number of rotatable bonds is 4. The molecule has 3 aromatic rings. The van der Waals surface area contributed by atoms with Crippen molar-refractivity contribution in [2.24, 2.45) is 0 Å². The molecule has 0 spiro atoms. The van der Waals surface area contributed by atoms with Gasteiger partial charge in [0.25, 0.3) is 0 Å². The van der Waals surface area contributed by atoms with Crippen molar-refractivity contribution < 1.29 is 14.6 Å². The molecule has 6 heteroatoms. The first-order valence-electron chi connectivity index (χ1n) is 5.98. The van der Waals surface area contributed by atoms with Crippen molar-refractivity contribution >= 4 is 28.2 Å². The van der Waals surface area contributed by atoms with E-state index in [-0.39, 0.29) is 5.78 Å². The zero-order chi connectivity index (χ0) is 14.1. The summed E-state index contributed by atoms with van der Waals surface area (Å²) < 4.78 is 5.29. The van der Waals surface area contributed by atoms with Gasteiger partial charge in [0.05, 0.1) is 17.5 Å². The Labute approximate surface area is 118 Å². The van der Waals surface area contributed by atoms with Crippen LogP contribution in [-0.4, -0.2) is 34.6 Å². The van der Waals surface area contributed by atoms with Gasteiger partial charge >= 0.3 is 0 Å². The number of ketones is 1. The molecular formula is C14H12N2O3S. The first-order valence-corrected chi connectivity index (χ1v) is 6.86. The van der Waals surface area contributed by atoms with E-state index in [1.807, 2.05) is 17.5 Å². The molecule has 0 saturated carbocycles. The van der Waals surface area contributed by atoms with Crippen LogP contribution in [0.1, 0.15) is 10.4 Å². The summed E-state index contributed by atoms with van der Waals surface area (Å²) in [6.45, 7) is -0.531. The summed E-state index contributed by atoms with van der Waals surface area (Å²) in [5, 5.41) is 10.9. The van der Waals surface area contributed by atoms with Gasteiger partial charge in [-0.15, -0.1) is 11.3 Å². The summed E-state index contributed by atoms with van der Waals surface area (Å²) in [5.41, 5.74) is 1.77. The summed E-state index contributed by atoms with van der Waals surface area (Å²) >= 11 is 1.58. The number of hydrogen-bond donors (Lipinski definition) is 2. The number of benzene rings is 1.